The van der Waals surface area contributed by atoms with Crippen LogP contribution in [0.5, 0.6) is 5.75 Å². The maximum atomic E-state index is 12.9. The molecule has 6 aromatic rings. The first-order chi connectivity index (χ1) is 25.7. The monoisotopic (exact) mass is 746 g/mol. The molecule has 5 N–H and O–H groups in total. The molecule has 280 valence electrons. The number of anilines is 1. The molecule has 0 aliphatic heterocycles. The number of H-pyrrole nitrogens is 1. The van der Waals surface area contributed by atoms with E-state index in [1.807, 2.05) is 78.9 Å². The first-order valence-corrected chi connectivity index (χ1v) is 20.8. The third-order valence-corrected chi connectivity index (χ3v) is 14.6. The van der Waals surface area contributed by atoms with E-state index >= 15 is 0 Å². The van der Waals surface area contributed by atoms with E-state index in [1.54, 1.807) is 22.8 Å². The average molecular weight is 747 g/mol. The number of amides is 1. The van der Waals surface area contributed by atoms with Crippen molar-refractivity contribution in [3.05, 3.63) is 135 Å². The quantitative estimate of drug-likeness (QED) is 0.0581. The lowest BCUT2D eigenvalue weighted by molar-refractivity contribution is 0.182. The number of fused-ring (bicyclic) bond motifs is 2. The minimum absolute atomic E-state index is 0.00957. The Labute approximate surface area is 314 Å². The number of hydrogen-bond donors (Lipinski definition) is 5. The third-order valence-electron chi connectivity index (χ3n) is 10.1. The number of aromatic hydroxyl groups is 1. The number of aromatic amines is 1. The highest BCUT2D eigenvalue weighted by Crippen LogP contribution is 2.41. The van der Waals surface area contributed by atoms with E-state index in [0.29, 0.717) is 41.8 Å². The SMILES string of the molecule is CC(C)(C)[Si](C)(C)OC(CNCCc1ccc2c(c1)oc(=O)n2C/C=C/c1ccc(-c2ccccc2)c(NC(=O)O)c1)c1ccc(O)c2[nH]c(=O)ccc12. The van der Waals surface area contributed by atoms with E-state index in [4.69, 9.17) is 8.84 Å². The van der Waals surface area contributed by atoms with Crippen molar-refractivity contribution in [2.24, 2.45) is 0 Å². The van der Waals surface area contributed by atoms with Gasteiger partial charge in [-0.3, -0.25) is 14.7 Å². The molecular formula is C42H46N4O7Si. The first kappa shape index (κ1) is 38.0. The number of phenolic OH excluding ortho intramolecular Hbond substituents is 1. The van der Waals surface area contributed by atoms with Crippen molar-refractivity contribution in [1.82, 2.24) is 14.9 Å². The predicted molar refractivity (Wildman–Crippen MR) is 217 cm³/mol. The van der Waals surface area contributed by atoms with E-state index in [9.17, 15) is 24.6 Å². The van der Waals surface area contributed by atoms with Crippen molar-refractivity contribution in [2.75, 3.05) is 18.4 Å². The molecule has 4 aromatic carbocycles. The molecule has 12 heteroatoms. The summed E-state index contributed by atoms with van der Waals surface area (Å²) in [6.45, 7) is 12.4. The fourth-order valence-electron chi connectivity index (χ4n) is 6.24. The Balaban J connectivity index is 1.14. The minimum atomic E-state index is -2.22. The normalized spacial score (nSPS) is 12.8. The number of allylic oxidation sites excluding steroid dienone is 1. The molecule has 1 amide bonds. The molecule has 0 spiro atoms. The van der Waals surface area contributed by atoms with Crippen LogP contribution in [0.4, 0.5) is 10.5 Å². The number of hydrogen-bond acceptors (Lipinski definition) is 7. The topological polar surface area (TPSA) is 159 Å². The number of aromatic nitrogens is 2. The first-order valence-electron chi connectivity index (χ1n) is 17.9. The van der Waals surface area contributed by atoms with Gasteiger partial charge in [-0.25, -0.2) is 9.59 Å². The summed E-state index contributed by atoms with van der Waals surface area (Å²) in [4.78, 5) is 39.2. The van der Waals surface area contributed by atoms with Gasteiger partial charge in [0.2, 0.25) is 5.56 Å². The lowest BCUT2D eigenvalue weighted by atomic mass is 10.0. The zero-order valence-corrected chi connectivity index (χ0v) is 32.1. The van der Waals surface area contributed by atoms with Crippen LogP contribution in [0.25, 0.3) is 39.2 Å². The van der Waals surface area contributed by atoms with Crippen LogP contribution in [0.15, 0.2) is 111 Å². The molecule has 0 fully saturated rings. The smallest absolute Gasteiger partial charge is 0.420 e. The van der Waals surface area contributed by atoms with Gasteiger partial charge in [0, 0.05) is 30.1 Å². The van der Waals surface area contributed by atoms with Crippen LogP contribution in [0.1, 0.15) is 43.6 Å². The summed E-state index contributed by atoms with van der Waals surface area (Å²) >= 11 is 0. The van der Waals surface area contributed by atoms with Crippen LogP contribution in [0.3, 0.4) is 0 Å². The number of rotatable bonds is 13. The van der Waals surface area contributed by atoms with Crippen LogP contribution < -0.4 is 21.9 Å². The number of carboxylic acid groups (broad SMARTS) is 1. The van der Waals surface area contributed by atoms with Gasteiger partial charge in [-0.1, -0.05) is 87.5 Å². The van der Waals surface area contributed by atoms with Gasteiger partial charge in [0.15, 0.2) is 13.9 Å². The highest BCUT2D eigenvalue weighted by atomic mass is 28.4. The second kappa shape index (κ2) is 15.7. The molecule has 11 nitrogen and oxygen atoms in total. The summed E-state index contributed by atoms with van der Waals surface area (Å²) in [5, 5.41) is 26.7. The summed E-state index contributed by atoms with van der Waals surface area (Å²) in [5.74, 6) is -0.457. The summed E-state index contributed by atoms with van der Waals surface area (Å²) in [6.07, 6.45) is 2.88. The standard InChI is InChI=1S/C42H46N4O7Si/c1-42(2,3)54(4,5)53-37(31-16-19-35(47)39-32(31)17-20-38(48)45-39)26-43-22-21-28-14-18-34-36(25-28)52-41(51)46(34)23-9-10-27-13-15-30(29-11-7-6-8-12-29)33(24-27)44-40(49)50/h6-20,24-25,37,43-44,47H,21-23,26H2,1-5H3,(H,45,48)(H,49,50)/b10-9+. The molecule has 0 radical (unpaired) electrons. The van der Waals surface area contributed by atoms with E-state index in [2.05, 4.69) is 49.5 Å². The maximum Gasteiger partial charge on any atom is 0.420 e. The molecule has 2 aromatic heterocycles. The Morgan fingerprint density at radius 3 is 2.52 bits per heavy atom. The number of nitrogens with one attached hydrogen (secondary N) is 3. The van der Waals surface area contributed by atoms with Crippen molar-refractivity contribution in [1.29, 1.82) is 0 Å². The Kier molecular flexibility index (Phi) is 11.1. The van der Waals surface area contributed by atoms with Gasteiger partial charge in [0.05, 0.1) is 22.8 Å². The summed E-state index contributed by atoms with van der Waals surface area (Å²) in [6, 6.07) is 27.5. The Bertz CT molecular complexity index is 2440. The third kappa shape index (κ3) is 8.57. The van der Waals surface area contributed by atoms with Crippen molar-refractivity contribution >= 4 is 48.2 Å². The zero-order chi connectivity index (χ0) is 38.6. The summed E-state index contributed by atoms with van der Waals surface area (Å²) in [5.41, 5.74) is 6.06. The second-order valence-electron chi connectivity index (χ2n) is 14.9. The zero-order valence-electron chi connectivity index (χ0n) is 31.1. The van der Waals surface area contributed by atoms with Crippen LogP contribution >= 0.6 is 0 Å². The van der Waals surface area contributed by atoms with Gasteiger partial charge >= 0.3 is 11.8 Å². The summed E-state index contributed by atoms with van der Waals surface area (Å²) in [7, 11) is -2.22. The molecule has 54 heavy (non-hydrogen) atoms. The molecule has 0 aliphatic rings. The average Bonchev–Trinajstić information content (AvgIpc) is 3.43. The molecule has 2 heterocycles. The summed E-state index contributed by atoms with van der Waals surface area (Å²) < 4.78 is 14.1. The molecule has 0 saturated carbocycles. The molecule has 1 atom stereocenters. The number of pyridine rings is 1. The Morgan fingerprint density at radius 2 is 1.78 bits per heavy atom. The fraction of sp³-hybridized carbons (Fsp3) is 0.262. The largest absolute Gasteiger partial charge is 0.506 e. The van der Waals surface area contributed by atoms with Crippen LogP contribution in [-0.2, 0) is 17.4 Å². The predicted octanol–water partition coefficient (Wildman–Crippen LogP) is 8.51. The lowest BCUT2D eigenvalue weighted by Gasteiger charge is -2.39. The van der Waals surface area contributed by atoms with Crippen molar-refractivity contribution in [3.8, 4) is 16.9 Å². The van der Waals surface area contributed by atoms with Crippen molar-refractivity contribution in [2.45, 2.75) is 58.0 Å². The molecule has 6 rings (SSSR count). The minimum Gasteiger partial charge on any atom is -0.506 e. The van der Waals surface area contributed by atoms with Crippen LogP contribution in [-0.4, -0.2) is 47.3 Å². The van der Waals surface area contributed by atoms with E-state index in [-0.39, 0.29) is 29.0 Å². The van der Waals surface area contributed by atoms with E-state index < -0.39 is 20.2 Å². The molecule has 0 saturated heterocycles. The van der Waals surface area contributed by atoms with Gasteiger partial charge in [-0.15, -0.1) is 0 Å². The number of benzene rings is 4. The van der Waals surface area contributed by atoms with Crippen molar-refractivity contribution in [3.63, 3.8) is 0 Å². The van der Waals surface area contributed by atoms with E-state index in [1.165, 1.54) is 6.07 Å². The van der Waals surface area contributed by atoms with Crippen LogP contribution in [0.2, 0.25) is 18.1 Å². The molecule has 1 unspecified atom stereocenters. The highest BCUT2D eigenvalue weighted by molar-refractivity contribution is 6.74. The Hall–Kier alpha value is -5.69. The number of nitrogens with zero attached hydrogens (tertiary/aromatic N) is 1. The number of phenols is 1. The van der Waals surface area contributed by atoms with Gasteiger partial charge in [-0.2, -0.15) is 0 Å². The second-order valence-corrected chi connectivity index (χ2v) is 19.6. The fourth-order valence-corrected chi connectivity index (χ4v) is 7.52. The number of oxazole rings is 1. The molecular weight excluding hydrogens is 701 g/mol. The highest BCUT2D eigenvalue weighted by Gasteiger charge is 2.39. The Morgan fingerprint density at radius 1 is 1.00 bits per heavy atom. The molecule has 0 aliphatic carbocycles. The van der Waals surface area contributed by atoms with Crippen LogP contribution in [0, 0.1) is 0 Å². The van der Waals surface area contributed by atoms with Gasteiger partial charge < -0.3 is 29.4 Å². The molecule has 0 bridgehead atoms. The van der Waals surface area contributed by atoms with E-state index in [0.717, 1.165) is 33.2 Å². The van der Waals surface area contributed by atoms with Crippen molar-refractivity contribution < 1.29 is 23.9 Å². The lowest BCUT2D eigenvalue weighted by Crippen LogP contribution is -2.43. The number of carbonyl (C=O) groups is 1. The van der Waals surface area contributed by atoms with Gasteiger partial charge in [0.25, 0.3) is 0 Å². The maximum absolute atomic E-state index is 12.9. The van der Waals surface area contributed by atoms with Gasteiger partial charge in [0.1, 0.15) is 5.75 Å². The van der Waals surface area contributed by atoms with Gasteiger partial charge in [-0.05, 0) is 83.7 Å².